The Morgan fingerprint density at radius 3 is 2.63 bits per heavy atom. The minimum absolute atomic E-state index is 0.00649. The van der Waals surface area contributed by atoms with Crippen molar-refractivity contribution in [2.75, 3.05) is 10.2 Å². The minimum Gasteiger partial charge on any atom is -0.478 e. The molecule has 142 valence electrons. The Labute approximate surface area is 158 Å². The summed E-state index contributed by atoms with van der Waals surface area (Å²) in [5, 5.41) is 12.8. The zero-order valence-corrected chi connectivity index (χ0v) is 15.9. The maximum absolute atomic E-state index is 12.4. The van der Waals surface area contributed by atoms with Gasteiger partial charge >= 0.3 is 5.97 Å². The van der Waals surface area contributed by atoms with Crippen LogP contribution in [0.25, 0.3) is 0 Å². The second-order valence-electron chi connectivity index (χ2n) is 6.95. The lowest BCUT2D eigenvalue weighted by Crippen LogP contribution is -2.49. The van der Waals surface area contributed by atoms with E-state index in [1.807, 2.05) is 19.9 Å². The van der Waals surface area contributed by atoms with Crippen LogP contribution >= 0.6 is 0 Å². The smallest absolute Gasteiger partial charge is 0.335 e. The molecule has 27 heavy (non-hydrogen) atoms. The first-order valence-electron chi connectivity index (χ1n) is 9.06. The topological polar surface area (TPSA) is 95.4 Å². The van der Waals surface area contributed by atoms with Crippen molar-refractivity contribution >= 4 is 23.5 Å². The number of anilines is 2. The minimum atomic E-state index is -0.997. The molecule has 2 heterocycles. The maximum Gasteiger partial charge on any atom is 0.335 e. The van der Waals surface area contributed by atoms with Crippen LogP contribution in [0.4, 0.5) is 11.6 Å². The Hall–Kier alpha value is -2.96. The molecule has 7 heteroatoms. The number of carbonyl (C=O) groups is 2. The molecule has 0 saturated heterocycles. The van der Waals surface area contributed by atoms with Crippen LogP contribution in [0, 0.1) is 12.8 Å². The number of nitrogens with zero attached hydrogens (tertiary/aromatic N) is 3. The molecule has 0 bridgehead atoms. The van der Waals surface area contributed by atoms with Crippen molar-refractivity contribution in [2.45, 2.75) is 46.2 Å². The van der Waals surface area contributed by atoms with Crippen LogP contribution in [0.5, 0.6) is 0 Å². The van der Waals surface area contributed by atoms with Gasteiger partial charge in [0.25, 0.3) is 0 Å². The van der Waals surface area contributed by atoms with E-state index in [1.54, 1.807) is 36.2 Å². The van der Waals surface area contributed by atoms with Gasteiger partial charge in [-0.1, -0.05) is 13.8 Å². The molecule has 7 nitrogen and oxygen atoms in total. The fraction of sp³-hybridized carbons (Fsp3) is 0.400. The highest BCUT2D eigenvalue weighted by molar-refractivity contribution is 5.95. The van der Waals surface area contributed by atoms with Gasteiger partial charge < -0.3 is 15.3 Å². The number of amides is 1. The molecule has 2 N–H and O–H groups in total. The highest BCUT2D eigenvalue weighted by Crippen LogP contribution is 2.43. The number of hydrogen-bond donors (Lipinski definition) is 2. The predicted octanol–water partition coefficient (Wildman–Crippen LogP) is 3.42. The largest absolute Gasteiger partial charge is 0.478 e. The number of aromatic carboxylic acids is 1. The van der Waals surface area contributed by atoms with Crippen molar-refractivity contribution in [1.82, 2.24) is 9.97 Å². The van der Waals surface area contributed by atoms with Crippen LogP contribution < -0.4 is 10.2 Å². The van der Waals surface area contributed by atoms with Gasteiger partial charge in [-0.2, -0.15) is 0 Å². The van der Waals surface area contributed by atoms with Gasteiger partial charge in [-0.15, -0.1) is 0 Å². The number of carboxylic acids is 1. The van der Waals surface area contributed by atoms with E-state index in [4.69, 9.17) is 0 Å². The number of fused-ring (bicyclic) bond motifs is 1. The van der Waals surface area contributed by atoms with Gasteiger partial charge in [0, 0.05) is 36.5 Å². The van der Waals surface area contributed by atoms with Gasteiger partial charge in [0.05, 0.1) is 11.6 Å². The number of aryl methyl sites for hydroxylation is 1. The van der Waals surface area contributed by atoms with E-state index >= 15 is 0 Å². The predicted molar refractivity (Wildman–Crippen MR) is 103 cm³/mol. The van der Waals surface area contributed by atoms with E-state index in [1.165, 1.54) is 0 Å². The average molecular weight is 368 g/mol. The third kappa shape index (κ3) is 3.49. The van der Waals surface area contributed by atoms with E-state index in [2.05, 4.69) is 22.2 Å². The van der Waals surface area contributed by atoms with Crippen molar-refractivity contribution in [3.8, 4) is 0 Å². The number of hydrogen-bond acceptors (Lipinski definition) is 5. The highest BCUT2D eigenvalue weighted by Gasteiger charge is 2.40. The van der Waals surface area contributed by atoms with Crippen LogP contribution in [-0.2, 0) is 4.79 Å². The van der Waals surface area contributed by atoms with Crippen molar-refractivity contribution in [1.29, 1.82) is 0 Å². The molecule has 3 rings (SSSR count). The number of nitrogens with one attached hydrogen (secondary N) is 1. The fourth-order valence-electron chi connectivity index (χ4n) is 3.90. The lowest BCUT2D eigenvalue weighted by atomic mass is 9.80. The molecule has 1 aromatic carbocycles. The first-order chi connectivity index (χ1) is 12.8. The highest BCUT2D eigenvalue weighted by atomic mass is 16.4. The van der Waals surface area contributed by atoms with Gasteiger partial charge in [-0.3, -0.25) is 4.79 Å². The summed E-state index contributed by atoms with van der Waals surface area (Å²) >= 11 is 0. The Bertz CT molecular complexity index is 883. The standard InChI is InChI=1S/C20H24N4O3/c1-5-16-12(3)18(23-20-21-9-8-11(2)22-20)15-10-14(19(26)27)6-7-17(15)24(16)13(4)25/h6-10,12,16,18H,5H2,1-4H3,(H,26,27)(H,21,22,23)/t12-,16-,18+/m0/s1. The summed E-state index contributed by atoms with van der Waals surface area (Å²) in [6.07, 6.45) is 2.47. The zero-order chi connectivity index (χ0) is 19.7. The molecule has 0 saturated carbocycles. The first-order valence-corrected chi connectivity index (χ1v) is 9.06. The van der Waals surface area contributed by atoms with Crippen molar-refractivity contribution in [3.63, 3.8) is 0 Å². The SMILES string of the molecule is CC[C@H]1[C@H](C)[C@@H](Nc2nccc(C)n2)c2cc(C(=O)O)ccc2N1C(C)=O. The second-order valence-corrected chi connectivity index (χ2v) is 6.95. The van der Waals surface area contributed by atoms with Gasteiger partial charge in [0.2, 0.25) is 11.9 Å². The van der Waals surface area contributed by atoms with Crippen LogP contribution in [0.15, 0.2) is 30.5 Å². The normalized spacial score (nSPS) is 21.5. The molecule has 1 aliphatic heterocycles. The third-order valence-electron chi connectivity index (χ3n) is 5.17. The first kappa shape index (κ1) is 18.8. The Kier molecular flexibility index (Phi) is 5.12. The van der Waals surface area contributed by atoms with E-state index in [9.17, 15) is 14.7 Å². The van der Waals surface area contributed by atoms with Crippen molar-refractivity contribution in [2.24, 2.45) is 5.92 Å². The molecule has 1 aliphatic rings. The molecule has 1 amide bonds. The van der Waals surface area contributed by atoms with Gasteiger partial charge in [0.1, 0.15) is 0 Å². The van der Waals surface area contributed by atoms with Crippen LogP contribution in [0.1, 0.15) is 54.8 Å². The summed E-state index contributed by atoms with van der Waals surface area (Å²) in [4.78, 5) is 34.3. The molecular weight excluding hydrogens is 344 g/mol. The van der Waals surface area contributed by atoms with Gasteiger partial charge in [-0.05, 0) is 43.2 Å². The third-order valence-corrected chi connectivity index (χ3v) is 5.17. The number of carboxylic acid groups (broad SMARTS) is 1. The molecular formula is C20H24N4O3. The lowest BCUT2D eigenvalue weighted by Gasteiger charge is -2.45. The molecule has 3 atom stereocenters. The van der Waals surface area contributed by atoms with E-state index in [-0.39, 0.29) is 29.5 Å². The quantitative estimate of drug-likeness (QED) is 0.858. The summed E-state index contributed by atoms with van der Waals surface area (Å²) in [7, 11) is 0. The van der Waals surface area contributed by atoms with E-state index < -0.39 is 5.97 Å². The Morgan fingerprint density at radius 2 is 2.04 bits per heavy atom. The van der Waals surface area contributed by atoms with E-state index in [0.717, 1.165) is 23.4 Å². The molecule has 0 fully saturated rings. The van der Waals surface area contributed by atoms with Crippen LogP contribution in [0.3, 0.4) is 0 Å². The Morgan fingerprint density at radius 1 is 1.30 bits per heavy atom. The molecule has 0 unspecified atom stereocenters. The summed E-state index contributed by atoms with van der Waals surface area (Å²) in [5.74, 6) is -0.518. The summed E-state index contributed by atoms with van der Waals surface area (Å²) in [6, 6.07) is 6.51. The summed E-state index contributed by atoms with van der Waals surface area (Å²) < 4.78 is 0. The van der Waals surface area contributed by atoms with Gasteiger partial charge in [0.15, 0.2) is 0 Å². The molecule has 2 aromatic rings. The number of aromatic nitrogens is 2. The number of rotatable bonds is 4. The molecule has 0 spiro atoms. The summed E-state index contributed by atoms with van der Waals surface area (Å²) in [5.41, 5.74) is 2.54. The van der Waals surface area contributed by atoms with Crippen LogP contribution in [-0.4, -0.2) is 33.0 Å². The van der Waals surface area contributed by atoms with Crippen molar-refractivity contribution in [3.05, 3.63) is 47.3 Å². The molecule has 0 aliphatic carbocycles. The fourth-order valence-corrected chi connectivity index (χ4v) is 3.90. The average Bonchev–Trinajstić information content (AvgIpc) is 2.62. The number of benzene rings is 1. The maximum atomic E-state index is 12.4. The monoisotopic (exact) mass is 368 g/mol. The lowest BCUT2D eigenvalue weighted by molar-refractivity contribution is -0.117. The molecule has 1 aromatic heterocycles. The van der Waals surface area contributed by atoms with Crippen molar-refractivity contribution < 1.29 is 14.7 Å². The van der Waals surface area contributed by atoms with E-state index in [0.29, 0.717) is 5.95 Å². The molecule has 0 radical (unpaired) electrons. The van der Waals surface area contributed by atoms with Crippen LogP contribution in [0.2, 0.25) is 0 Å². The van der Waals surface area contributed by atoms with Gasteiger partial charge in [-0.25, -0.2) is 14.8 Å². The number of carbonyl (C=O) groups excluding carboxylic acids is 1. The Balaban J connectivity index is 2.14. The second kappa shape index (κ2) is 7.34. The summed E-state index contributed by atoms with van der Waals surface area (Å²) in [6.45, 7) is 7.55. The zero-order valence-electron chi connectivity index (χ0n) is 15.9.